The number of aliphatic hydroxyl groups excluding tert-OH is 2. The van der Waals surface area contributed by atoms with Gasteiger partial charge in [-0.3, -0.25) is 4.79 Å². The summed E-state index contributed by atoms with van der Waals surface area (Å²) in [5.74, 6) is 1.10. The normalized spacial score (nSPS) is 34.7. The summed E-state index contributed by atoms with van der Waals surface area (Å²) >= 11 is 0. The number of carbonyl (C=O) groups is 1. The second kappa shape index (κ2) is 9.51. The van der Waals surface area contributed by atoms with Crippen molar-refractivity contribution in [2.24, 2.45) is 5.92 Å². The van der Waals surface area contributed by atoms with Crippen molar-refractivity contribution in [3.63, 3.8) is 0 Å². The lowest BCUT2D eigenvalue weighted by atomic mass is 9.62. The quantitative estimate of drug-likeness (QED) is 0.444. The maximum Gasteiger partial charge on any atom is 0.303 e. The summed E-state index contributed by atoms with van der Waals surface area (Å²) in [6.07, 6.45) is 0.502. The molecule has 3 aliphatic rings. The number of hydrogen-bond donors (Lipinski definition) is 3. The van der Waals surface area contributed by atoms with Crippen molar-refractivity contribution in [2.75, 3.05) is 6.61 Å². The Morgan fingerprint density at radius 2 is 1.79 bits per heavy atom. The second-order valence-electron chi connectivity index (χ2n) is 10.6. The van der Waals surface area contributed by atoms with Gasteiger partial charge in [0.25, 0.3) is 0 Å². The van der Waals surface area contributed by atoms with Crippen LogP contribution in [0.2, 0.25) is 0 Å². The predicted octanol–water partition coefficient (Wildman–Crippen LogP) is 4.16. The Morgan fingerprint density at radius 1 is 1.09 bits per heavy atom. The molecule has 0 bridgehead atoms. The Bertz CT molecular complexity index is 980. The number of allylic oxidation sites excluding steroid dienone is 2. The highest BCUT2D eigenvalue weighted by atomic mass is 16.7. The molecule has 2 aliphatic carbocycles. The van der Waals surface area contributed by atoms with Crippen LogP contribution in [0.1, 0.15) is 93.9 Å². The summed E-state index contributed by atoms with van der Waals surface area (Å²) in [7, 11) is 0. The average Bonchev–Trinajstić information content (AvgIpc) is 2.74. The van der Waals surface area contributed by atoms with Crippen LogP contribution in [0.4, 0.5) is 0 Å². The average molecular weight is 475 g/mol. The topological polar surface area (TPSA) is 105 Å². The van der Waals surface area contributed by atoms with Crippen LogP contribution < -0.4 is 4.74 Å². The molecule has 8 atom stereocenters. The highest BCUT2D eigenvalue weighted by Gasteiger charge is 2.45. The molecule has 1 saturated heterocycles. The lowest BCUT2D eigenvalue weighted by molar-refractivity contribution is -0.249. The zero-order valence-corrected chi connectivity index (χ0v) is 21.0. The van der Waals surface area contributed by atoms with E-state index >= 15 is 0 Å². The van der Waals surface area contributed by atoms with E-state index in [1.54, 1.807) is 0 Å². The van der Waals surface area contributed by atoms with Crippen LogP contribution >= 0.6 is 0 Å². The standard InChI is InChI=1S/C27H38O7/c1-12(2)9-17-10-14(4)18-8-7-13(3)20-22(18)21(17)15(5)25(23(20)30)34-27-24(31)26(33-16(6)28)19(29)11-32-27/h9,13-14,17-19,24,26-27,29-31H,7-8,10-11H2,1-6H3/t13-,14-,17+,18+,19+,24?,26?,27-/m0/s1. The fourth-order valence-corrected chi connectivity index (χ4v) is 6.27. The lowest BCUT2D eigenvalue weighted by Crippen LogP contribution is -2.56. The Balaban J connectivity index is 1.80. The number of aromatic hydroxyl groups is 1. The fraction of sp³-hybridized carbons (Fsp3) is 0.667. The molecule has 1 aromatic carbocycles. The summed E-state index contributed by atoms with van der Waals surface area (Å²) in [6.45, 7) is 11.7. The molecule has 34 heavy (non-hydrogen) atoms. The van der Waals surface area contributed by atoms with E-state index in [9.17, 15) is 20.1 Å². The number of carbonyl (C=O) groups excluding carboxylic acids is 1. The first-order valence-electron chi connectivity index (χ1n) is 12.4. The molecule has 188 valence electrons. The smallest absolute Gasteiger partial charge is 0.303 e. The minimum Gasteiger partial charge on any atom is -0.504 e. The van der Waals surface area contributed by atoms with Gasteiger partial charge in [0.05, 0.1) is 6.61 Å². The summed E-state index contributed by atoms with van der Waals surface area (Å²) in [5, 5.41) is 32.4. The fourth-order valence-electron chi connectivity index (χ4n) is 6.27. The molecule has 0 amide bonds. The molecule has 1 aromatic rings. The van der Waals surface area contributed by atoms with E-state index in [0.717, 1.165) is 30.4 Å². The molecule has 0 radical (unpaired) electrons. The van der Waals surface area contributed by atoms with Gasteiger partial charge in [0.2, 0.25) is 6.29 Å². The molecular formula is C27H38O7. The third kappa shape index (κ3) is 4.34. The van der Waals surface area contributed by atoms with Crippen LogP contribution in [0.5, 0.6) is 11.5 Å². The molecule has 0 saturated carbocycles. The van der Waals surface area contributed by atoms with Gasteiger partial charge in [0, 0.05) is 18.4 Å². The van der Waals surface area contributed by atoms with E-state index in [-0.39, 0.29) is 24.2 Å². The maximum atomic E-state index is 11.5. The molecule has 1 fully saturated rings. The Morgan fingerprint density at radius 3 is 2.44 bits per heavy atom. The summed E-state index contributed by atoms with van der Waals surface area (Å²) in [4.78, 5) is 11.5. The molecule has 0 spiro atoms. The van der Waals surface area contributed by atoms with Crippen molar-refractivity contribution >= 4 is 5.97 Å². The zero-order chi connectivity index (χ0) is 24.9. The minimum absolute atomic E-state index is 0.101. The number of benzene rings is 1. The van der Waals surface area contributed by atoms with Crippen LogP contribution in [0.3, 0.4) is 0 Å². The van der Waals surface area contributed by atoms with Crippen molar-refractivity contribution in [3.8, 4) is 11.5 Å². The van der Waals surface area contributed by atoms with Crippen LogP contribution in [0, 0.1) is 12.8 Å². The van der Waals surface area contributed by atoms with Gasteiger partial charge >= 0.3 is 5.97 Å². The van der Waals surface area contributed by atoms with Crippen molar-refractivity contribution in [3.05, 3.63) is 33.9 Å². The first-order valence-corrected chi connectivity index (χ1v) is 12.4. The predicted molar refractivity (Wildman–Crippen MR) is 127 cm³/mol. The van der Waals surface area contributed by atoms with Gasteiger partial charge in [-0.15, -0.1) is 0 Å². The highest BCUT2D eigenvalue weighted by Crippen LogP contribution is 2.58. The number of phenolic OH excluding ortho intramolecular Hbond substituents is 1. The van der Waals surface area contributed by atoms with Crippen molar-refractivity contribution < 1.29 is 34.3 Å². The van der Waals surface area contributed by atoms with Gasteiger partial charge in [-0.1, -0.05) is 25.5 Å². The summed E-state index contributed by atoms with van der Waals surface area (Å²) < 4.78 is 16.8. The molecule has 4 rings (SSSR count). The van der Waals surface area contributed by atoms with Crippen LogP contribution in [-0.2, 0) is 14.3 Å². The van der Waals surface area contributed by atoms with Gasteiger partial charge in [0.1, 0.15) is 6.10 Å². The van der Waals surface area contributed by atoms with Crippen LogP contribution in [0.25, 0.3) is 0 Å². The zero-order valence-electron chi connectivity index (χ0n) is 21.0. The van der Waals surface area contributed by atoms with E-state index < -0.39 is 30.6 Å². The Hall–Kier alpha value is -2.09. The van der Waals surface area contributed by atoms with Gasteiger partial charge in [-0.05, 0) is 74.5 Å². The van der Waals surface area contributed by atoms with E-state index in [2.05, 4.69) is 33.8 Å². The van der Waals surface area contributed by atoms with E-state index in [1.165, 1.54) is 23.6 Å². The molecule has 2 unspecified atom stereocenters. The first kappa shape index (κ1) is 25.0. The van der Waals surface area contributed by atoms with Crippen molar-refractivity contribution in [1.82, 2.24) is 0 Å². The number of phenols is 1. The third-order valence-electron chi connectivity index (χ3n) is 7.75. The van der Waals surface area contributed by atoms with Crippen LogP contribution in [0.15, 0.2) is 11.6 Å². The Kier molecular flexibility index (Phi) is 7.00. The molecule has 1 heterocycles. The van der Waals surface area contributed by atoms with E-state index in [0.29, 0.717) is 17.6 Å². The number of ether oxygens (including phenoxy) is 3. The molecule has 7 heteroatoms. The molecular weight excluding hydrogens is 436 g/mol. The summed E-state index contributed by atoms with van der Waals surface area (Å²) in [6, 6.07) is 0. The van der Waals surface area contributed by atoms with Crippen molar-refractivity contribution in [1.29, 1.82) is 0 Å². The maximum absolute atomic E-state index is 11.5. The molecule has 1 aliphatic heterocycles. The minimum atomic E-state index is -1.40. The van der Waals surface area contributed by atoms with Gasteiger partial charge in [0.15, 0.2) is 23.7 Å². The van der Waals surface area contributed by atoms with E-state index in [1.807, 2.05) is 6.92 Å². The highest BCUT2D eigenvalue weighted by molar-refractivity contribution is 5.66. The number of rotatable bonds is 4. The van der Waals surface area contributed by atoms with Gasteiger partial charge in [-0.25, -0.2) is 0 Å². The lowest BCUT2D eigenvalue weighted by Gasteiger charge is -2.44. The number of aliphatic hydroxyl groups is 2. The molecule has 3 N–H and O–H groups in total. The van der Waals surface area contributed by atoms with Crippen molar-refractivity contribution in [2.45, 2.75) is 103 Å². The second-order valence-corrected chi connectivity index (χ2v) is 10.6. The monoisotopic (exact) mass is 474 g/mol. The van der Waals surface area contributed by atoms with E-state index in [4.69, 9.17) is 14.2 Å². The number of hydrogen-bond acceptors (Lipinski definition) is 7. The van der Waals surface area contributed by atoms with Crippen LogP contribution in [-0.4, -0.2) is 52.5 Å². The largest absolute Gasteiger partial charge is 0.504 e. The molecule has 7 nitrogen and oxygen atoms in total. The molecule has 0 aromatic heterocycles. The third-order valence-corrected chi connectivity index (χ3v) is 7.75. The van der Waals surface area contributed by atoms with Gasteiger partial charge < -0.3 is 29.5 Å². The first-order chi connectivity index (χ1) is 16.0. The summed E-state index contributed by atoms with van der Waals surface area (Å²) in [5.41, 5.74) is 5.50. The number of esters is 1. The Labute approximate surface area is 201 Å². The van der Waals surface area contributed by atoms with Gasteiger partial charge in [-0.2, -0.15) is 0 Å². The SMILES string of the molecule is CC(=O)OC1C(O)[C@H](Oc2c(C)c3c4c(c2O)[C@@H](C)CC[C@@H]4[C@@H](C)C[C@H]3C=C(C)C)OC[C@H]1O.